The van der Waals surface area contributed by atoms with Crippen LogP contribution in [0.2, 0.25) is 0 Å². The topological polar surface area (TPSA) is 54.4 Å². The predicted octanol–water partition coefficient (Wildman–Crippen LogP) is 3.17. The molecule has 2 aromatic carbocycles. The summed E-state index contributed by atoms with van der Waals surface area (Å²) in [5.41, 5.74) is 1.47. The van der Waals surface area contributed by atoms with E-state index in [1.54, 1.807) is 0 Å². The molecular weight excluding hydrogens is 240 g/mol. The molecule has 0 bridgehead atoms. The lowest BCUT2D eigenvalue weighted by molar-refractivity contribution is -0.131. The van der Waals surface area contributed by atoms with Crippen LogP contribution in [0.25, 0.3) is 0 Å². The van der Waals surface area contributed by atoms with E-state index in [-0.39, 0.29) is 5.78 Å². The van der Waals surface area contributed by atoms with Gasteiger partial charge in [-0.1, -0.05) is 67.2 Å². The highest BCUT2D eigenvalue weighted by Gasteiger charge is 2.06. The van der Waals surface area contributed by atoms with Crippen LogP contribution in [-0.2, 0) is 4.79 Å². The second-order valence-electron chi connectivity index (χ2n) is 3.60. The summed E-state index contributed by atoms with van der Waals surface area (Å²) in [5, 5.41) is 7.60. The van der Waals surface area contributed by atoms with Gasteiger partial charge in [-0.3, -0.25) is 4.79 Å². The molecule has 0 heterocycles. The fourth-order valence-corrected chi connectivity index (χ4v) is 1.35. The maximum atomic E-state index is 11.8. The monoisotopic (exact) mass is 254 g/mol. The van der Waals surface area contributed by atoms with Crippen molar-refractivity contribution in [2.75, 3.05) is 0 Å². The third-order valence-corrected chi connectivity index (χ3v) is 2.25. The fourth-order valence-electron chi connectivity index (χ4n) is 1.35. The number of hydrogen-bond acceptors (Lipinski definition) is 2. The minimum atomic E-state index is -0.981. The number of rotatable bonds is 3. The van der Waals surface area contributed by atoms with Crippen molar-refractivity contribution in [1.29, 1.82) is 0 Å². The Kier molecular flexibility index (Phi) is 5.76. The van der Waals surface area contributed by atoms with E-state index in [1.165, 1.54) is 0 Å². The molecule has 19 heavy (non-hydrogen) atoms. The van der Waals surface area contributed by atoms with E-state index in [0.717, 1.165) is 17.2 Å². The molecule has 0 atom stereocenters. The molecule has 1 N–H and O–H groups in total. The van der Waals surface area contributed by atoms with E-state index in [4.69, 9.17) is 5.11 Å². The number of hydrogen-bond donors (Lipinski definition) is 1. The van der Waals surface area contributed by atoms with Crippen molar-refractivity contribution >= 4 is 11.8 Å². The lowest BCUT2D eigenvalue weighted by atomic mass is 10.0. The van der Waals surface area contributed by atoms with Crippen molar-refractivity contribution in [1.82, 2.24) is 0 Å². The SMILES string of the molecule is C=CC(=O)O.O=C(c1ccccc1)c1ccccc1. The van der Waals surface area contributed by atoms with E-state index in [0.29, 0.717) is 0 Å². The van der Waals surface area contributed by atoms with Gasteiger partial charge in [-0.15, -0.1) is 0 Å². The van der Waals surface area contributed by atoms with Gasteiger partial charge in [0, 0.05) is 17.2 Å². The summed E-state index contributed by atoms with van der Waals surface area (Å²) < 4.78 is 0. The van der Waals surface area contributed by atoms with Gasteiger partial charge in [-0.05, 0) is 0 Å². The number of ketones is 1. The van der Waals surface area contributed by atoms with Gasteiger partial charge < -0.3 is 5.11 Å². The van der Waals surface area contributed by atoms with Crippen molar-refractivity contribution in [3.05, 3.63) is 84.4 Å². The van der Waals surface area contributed by atoms with Gasteiger partial charge in [0.2, 0.25) is 0 Å². The van der Waals surface area contributed by atoms with Crippen molar-refractivity contribution in [2.24, 2.45) is 0 Å². The molecule has 96 valence electrons. The molecular formula is C16H14O3. The standard InChI is InChI=1S/C13H10O.C3H4O2/c14-13(11-7-3-1-4-8-11)12-9-5-2-6-10-12;1-2-3(4)5/h1-10H;2H,1H2,(H,4,5). The minimum absolute atomic E-state index is 0.0752. The quantitative estimate of drug-likeness (QED) is 0.676. The average Bonchev–Trinajstić information content (AvgIpc) is 2.49. The highest BCUT2D eigenvalue weighted by atomic mass is 16.4. The highest BCUT2D eigenvalue weighted by molar-refractivity contribution is 6.08. The zero-order valence-corrected chi connectivity index (χ0v) is 10.3. The summed E-state index contributed by atoms with van der Waals surface area (Å²) >= 11 is 0. The van der Waals surface area contributed by atoms with Crippen LogP contribution in [0.4, 0.5) is 0 Å². The van der Waals surface area contributed by atoms with Crippen LogP contribution in [0.5, 0.6) is 0 Å². The van der Waals surface area contributed by atoms with Gasteiger partial charge in [-0.25, -0.2) is 4.79 Å². The third-order valence-electron chi connectivity index (χ3n) is 2.25. The van der Waals surface area contributed by atoms with Crippen LogP contribution in [0.3, 0.4) is 0 Å². The summed E-state index contributed by atoms with van der Waals surface area (Å²) in [4.78, 5) is 21.1. The molecule has 0 aliphatic carbocycles. The van der Waals surface area contributed by atoms with E-state index in [2.05, 4.69) is 6.58 Å². The van der Waals surface area contributed by atoms with Crippen LogP contribution in [0, 0.1) is 0 Å². The van der Waals surface area contributed by atoms with Gasteiger partial charge in [0.1, 0.15) is 0 Å². The Labute approximate surface area is 111 Å². The molecule has 0 spiro atoms. The van der Waals surface area contributed by atoms with E-state index < -0.39 is 5.97 Å². The second-order valence-corrected chi connectivity index (χ2v) is 3.60. The maximum Gasteiger partial charge on any atom is 0.327 e. The summed E-state index contributed by atoms with van der Waals surface area (Å²) in [5.74, 6) is -0.906. The first kappa shape index (κ1) is 14.4. The molecule has 3 nitrogen and oxygen atoms in total. The number of aliphatic carboxylic acids is 1. The molecule has 0 saturated heterocycles. The second kappa shape index (κ2) is 7.61. The molecule has 0 radical (unpaired) electrons. The van der Waals surface area contributed by atoms with E-state index >= 15 is 0 Å². The first-order valence-electron chi connectivity index (χ1n) is 5.65. The zero-order chi connectivity index (χ0) is 14.1. The Morgan fingerprint density at radius 2 is 1.16 bits per heavy atom. The first-order chi connectivity index (χ1) is 9.15. The number of benzene rings is 2. The Balaban J connectivity index is 0.000000312. The van der Waals surface area contributed by atoms with Crippen molar-refractivity contribution in [3.8, 4) is 0 Å². The summed E-state index contributed by atoms with van der Waals surface area (Å²) in [6, 6.07) is 18.6. The summed E-state index contributed by atoms with van der Waals surface area (Å²) in [6.07, 6.45) is 0.833. The average molecular weight is 254 g/mol. The Morgan fingerprint density at radius 3 is 1.42 bits per heavy atom. The molecule has 2 aromatic rings. The normalized spacial score (nSPS) is 8.84. The third kappa shape index (κ3) is 5.00. The van der Waals surface area contributed by atoms with Gasteiger partial charge in [0.25, 0.3) is 0 Å². The number of carbonyl (C=O) groups excluding carboxylic acids is 1. The van der Waals surface area contributed by atoms with Crippen molar-refractivity contribution < 1.29 is 14.7 Å². The fraction of sp³-hybridized carbons (Fsp3) is 0. The van der Waals surface area contributed by atoms with Crippen LogP contribution in [-0.4, -0.2) is 16.9 Å². The Bertz CT molecular complexity index is 503. The maximum absolute atomic E-state index is 11.8. The molecule has 0 aliphatic rings. The molecule has 0 fully saturated rings. The highest BCUT2D eigenvalue weighted by Crippen LogP contribution is 2.08. The number of carbonyl (C=O) groups is 2. The predicted molar refractivity (Wildman–Crippen MR) is 74.1 cm³/mol. The lowest BCUT2D eigenvalue weighted by Crippen LogP contribution is -1.99. The molecule has 0 aromatic heterocycles. The van der Waals surface area contributed by atoms with Gasteiger partial charge in [0.15, 0.2) is 5.78 Å². The first-order valence-corrected chi connectivity index (χ1v) is 5.65. The lowest BCUT2D eigenvalue weighted by Gasteiger charge is -1.99. The van der Waals surface area contributed by atoms with Crippen molar-refractivity contribution in [3.63, 3.8) is 0 Å². The number of carboxylic acids is 1. The zero-order valence-electron chi connectivity index (χ0n) is 10.3. The molecule has 0 aliphatic heterocycles. The smallest absolute Gasteiger partial charge is 0.327 e. The molecule has 0 saturated carbocycles. The Hall–Kier alpha value is -2.68. The Morgan fingerprint density at radius 1 is 0.842 bits per heavy atom. The molecule has 0 unspecified atom stereocenters. The van der Waals surface area contributed by atoms with Gasteiger partial charge in [-0.2, -0.15) is 0 Å². The van der Waals surface area contributed by atoms with Crippen LogP contribution in [0.1, 0.15) is 15.9 Å². The molecule has 0 amide bonds. The van der Waals surface area contributed by atoms with Crippen LogP contribution >= 0.6 is 0 Å². The van der Waals surface area contributed by atoms with Crippen molar-refractivity contribution in [2.45, 2.75) is 0 Å². The van der Waals surface area contributed by atoms with E-state index in [9.17, 15) is 9.59 Å². The minimum Gasteiger partial charge on any atom is -0.478 e. The van der Waals surface area contributed by atoms with Gasteiger partial charge >= 0.3 is 5.97 Å². The van der Waals surface area contributed by atoms with Crippen LogP contribution in [0.15, 0.2) is 73.3 Å². The van der Waals surface area contributed by atoms with Crippen LogP contribution < -0.4 is 0 Å². The number of carboxylic acid groups (broad SMARTS) is 1. The molecule has 3 heteroatoms. The summed E-state index contributed by atoms with van der Waals surface area (Å²) in [6.45, 7) is 2.96. The largest absolute Gasteiger partial charge is 0.478 e. The molecule has 2 rings (SSSR count). The van der Waals surface area contributed by atoms with Gasteiger partial charge in [0.05, 0.1) is 0 Å². The summed E-state index contributed by atoms with van der Waals surface area (Å²) in [7, 11) is 0. The van der Waals surface area contributed by atoms with E-state index in [1.807, 2.05) is 60.7 Å².